The fourth-order valence-electron chi connectivity index (χ4n) is 3.91. The first-order valence-corrected chi connectivity index (χ1v) is 8.78. The fraction of sp³-hybridized carbons (Fsp3) is 0.667. The Balaban J connectivity index is 1.56. The first kappa shape index (κ1) is 18.2. The summed E-state index contributed by atoms with van der Waals surface area (Å²) in [6, 6.07) is 2.56. The molecule has 0 bridgehead atoms. The van der Waals surface area contributed by atoms with Gasteiger partial charge in [0.25, 0.3) is 0 Å². The van der Waals surface area contributed by atoms with Crippen LogP contribution in [-0.4, -0.2) is 53.4 Å². The molecule has 1 amide bonds. The van der Waals surface area contributed by atoms with Gasteiger partial charge in [-0.3, -0.25) is 9.78 Å². The molecule has 0 N–H and O–H groups in total. The molecular formula is C18H24F3N3O. The first-order chi connectivity index (χ1) is 11.7. The van der Waals surface area contributed by atoms with Crippen molar-refractivity contribution in [1.82, 2.24) is 14.8 Å². The number of pyridine rings is 1. The van der Waals surface area contributed by atoms with E-state index >= 15 is 0 Å². The van der Waals surface area contributed by atoms with Crippen LogP contribution >= 0.6 is 0 Å². The van der Waals surface area contributed by atoms with Gasteiger partial charge in [-0.1, -0.05) is 13.0 Å². The Morgan fingerprint density at radius 3 is 2.40 bits per heavy atom. The summed E-state index contributed by atoms with van der Waals surface area (Å²) in [6.07, 6.45) is -1.53. The highest BCUT2D eigenvalue weighted by molar-refractivity contribution is 5.84. The number of piperidine rings is 1. The molecule has 0 aromatic carbocycles. The Morgan fingerprint density at radius 2 is 1.92 bits per heavy atom. The molecule has 0 atom stereocenters. The molecule has 0 aliphatic carbocycles. The second kappa shape index (κ2) is 6.59. The van der Waals surface area contributed by atoms with Crippen LogP contribution in [0.2, 0.25) is 0 Å². The lowest BCUT2D eigenvalue weighted by Gasteiger charge is -2.49. The van der Waals surface area contributed by atoms with Gasteiger partial charge < -0.3 is 9.80 Å². The third kappa shape index (κ3) is 3.66. The molecule has 2 aliphatic rings. The highest BCUT2D eigenvalue weighted by atomic mass is 19.4. The number of halogens is 3. The Bertz CT molecular complexity index is 615. The number of likely N-dealkylation sites (tertiary alicyclic amines) is 2. The van der Waals surface area contributed by atoms with E-state index in [0.29, 0.717) is 13.1 Å². The Hall–Kier alpha value is -1.63. The lowest BCUT2D eigenvalue weighted by molar-refractivity contribution is -0.152. The number of hydrogen-bond donors (Lipinski definition) is 0. The molecule has 138 valence electrons. The summed E-state index contributed by atoms with van der Waals surface area (Å²) in [5, 5.41) is 0. The summed E-state index contributed by atoms with van der Waals surface area (Å²) in [5.74, 6) is 0.376. The van der Waals surface area contributed by atoms with Crippen molar-refractivity contribution in [3.63, 3.8) is 0 Å². The molecule has 25 heavy (non-hydrogen) atoms. The van der Waals surface area contributed by atoms with Crippen LogP contribution < -0.4 is 0 Å². The quantitative estimate of drug-likeness (QED) is 0.836. The van der Waals surface area contributed by atoms with Crippen molar-refractivity contribution in [1.29, 1.82) is 0 Å². The predicted octanol–water partition coefficient (Wildman–Crippen LogP) is 3.15. The molecule has 2 aliphatic heterocycles. The van der Waals surface area contributed by atoms with Gasteiger partial charge in [0.2, 0.25) is 5.91 Å². The fourth-order valence-corrected chi connectivity index (χ4v) is 3.91. The third-order valence-electron chi connectivity index (χ3n) is 5.44. The van der Waals surface area contributed by atoms with Crippen molar-refractivity contribution in [3.05, 3.63) is 29.6 Å². The van der Waals surface area contributed by atoms with Crippen LogP contribution in [0.3, 0.4) is 0 Å². The standard InChI is InChI=1S/C18H24F3N3O/c1-3-23-11-17(2,12-23)16(25)24-8-6-13(7-9-24)14-4-5-15(22-10-14)18(19,20)21/h4-5,10,13H,3,6-9,11-12H2,1-2H3. The molecule has 0 radical (unpaired) electrons. The SMILES string of the molecule is CCN1CC(C)(C(=O)N2CCC(c3ccc(C(F)(F)F)nc3)CC2)C1. The molecule has 0 unspecified atom stereocenters. The number of nitrogens with zero attached hydrogens (tertiary/aromatic N) is 3. The van der Waals surface area contributed by atoms with Crippen molar-refractivity contribution in [2.24, 2.45) is 5.41 Å². The third-order valence-corrected chi connectivity index (χ3v) is 5.44. The van der Waals surface area contributed by atoms with Gasteiger partial charge >= 0.3 is 6.18 Å². The van der Waals surface area contributed by atoms with Crippen LogP contribution in [0, 0.1) is 5.41 Å². The van der Waals surface area contributed by atoms with Gasteiger partial charge in [0.05, 0.1) is 5.41 Å². The maximum atomic E-state index is 12.7. The number of aromatic nitrogens is 1. The molecule has 0 saturated carbocycles. The summed E-state index contributed by atoms with van der Waals surface area (Å²) < 4.78 is 37.8. The number of carbonyl (C=O) groups excluding carboxylic acids is 1. The minimum Gasteiger partial charge on any atom is -0.342 e. The van der Waals surface area contributed by atoms with Crippen LogP contribution in [0.15, 0.2) is 18.3 Å². The van der Waals surface area contributed by atoms with E-state index in [1.165, 1.54) is 12.3 Å². The van der Waals surface area contributed by atoms with Crippen molar-refractivity contribution in [3.8, 4) is 0 Å². The Labute approximate surface area is 146 Å². The maximum Gasteiger partial charge on any atom is 0.433 e. The molecule has 4 nitrogen and oxygen atoms in total. The van der Waals surface area contributed by atoms with Gasteiger partial charge in [-0.2, -0.15) is 13.2 Å². The topological polar surface area (TPSA) is 36.4 Å². The van der Waals surface area contributed by atoms with E-state index in [4.69, 9.17) is 0 Å². The lowest BCUT2D eigenvalue weighted by atomic mass is 9.79. The lowest BCUT2D eigenvalue weighted by Crippen LogP contribution is -2.62. The van der Waals surface area contributed by atoms with E-state index in [-0.39, 0.29) is 17.2 Å². The summed E-state index contributed by atoms with van der Waals surface area (Å²) in [6.45, 7) is 8.02. The number of hydrogen-bond acceptors (Lipinski definition) is 3. The van der Waals surface area contributed by atoms with E-state index < -0.39 is 11.9 Å². The molecule has 3 heterocycles. The number of carbonyl (C=O) groups is 1. The molecular weight excluding hydrogens is 331 g/mol. The van der Waals surface area contributed by atoms with Crippen molar-refractivity contribution < 1.29 is 18.0 Å². The average molecular weight is 355 g/mol. The van der Waals surface area contributed by atoms with Crippen molar-refractivity contribution in [2.45, 2.75) is 38.8 Å². The molecule has 2 saturated heterocycles. The second-order valence-corrected chi connectivity index (χ2v) is 7.40. The van der Waals surface area contributed by atoms with Crippen molar-refractivity contribution in [2.75, 3.05) is 32.7 Å². The van der Waals surface area contributed by atoms with Gasteiger partial charge in [-0.15, -0.1) is 0 Å². The summed E-state index contributed by atoms with van der Waals surface area (Å²) in [7, 11) is 0. The number of rotatable bonds is 3. The van der Waals surface area contributed by atoms with E-state index in [2.05, 4.69) is 16.8 Å². The van der Waals surface area contributed by atoms with Crippen LogP contribution in [0.1, 0.15) is 43.9 Å². The van der Waals surface area contributed by atoms with E-state index in [1.807, 2.05) is 11.8 Å². The van der Waals surface area contributed by atoms with E-state index in [9.17, 15) is 18.0 Å². The van der Waals surface area contributed by atoms with Crippen molar-refractivity contribution >= 4 is 5.91 Å². The predicted molar refractivity (Wildman–Crippen MR) is 88.0 cm³/mol. The van der Waals surface area contributed by atoms with Crippen LogP contribution in [-0.2, 0) is 11.0 Å². The Kier molecular flexibility index (Phi) is 4.79. The molecule has 1 aromatic rings. The van der Waals surface area contributed by atoms with Gasteiger partial charge in [-0.05, 0) is 43.9 Å². The molecule has 3 rings (SSSR count). The molecule has 7 heteroatoms. The van der Waals surface area contributed by atoms with Crippen LogP contribution in [0.5, 0.6) is 0 Å². The molecule has 0 spiro atoms. The van der Waals surface area contributed by atoms with Crippen LogP contribution in [0.25, 0.3) is 0 Å². The Morgan fingerprint density at radius 1 is 1.28 bits per heavy atom. The van der Waals surface area contributed by atoms with E-state index in [1.54, 1.807) is 0 Å². The average Bonchev–Trinajstić information content (AvgIpc) is 2.58. The smallest absolute Gasteiger partial charge is 0.342 e. The maximum absolute atomic E-state index is 12.7. The number of alkyl halides is 3. The summed E-state index contributed by atoms with van der Waals surface area (Å²) >= 11 is 0. The zero-order valence-corrected chi connectivity index (χ0v) is 14.6. The van der Waals surface area contributed by atoms with E-state index in [0.717, 1.165) is 44.1 Å². The van der Waals surface area contributed by atoms with Crippen LogP contribution in [0.4, 0.5) is 13.2 Å². The van der Waals surface area contributed by atoms with Gasteiger partial charge in [0, 0.05) is 32.4 Å². The molecule has 1 aromatic heterocycles. The summed E-state index contributed by atoms with van der Waals surface area (Å²) in [4.78, 5) is 20.4. The highest BCUT2D eigenvalue weighted by Crippen LogP contribution is 2.35. The zero-order valence-electron chi connectivity index (χ0n) is 14.6. The van der Waals surface area contributed by atoms with Gasteiger partial charge in [0.15, 0.2) is 0 Å². The minimum atomic E-state index is -4.40. The summed E-state index contributed by atoms with van der Waals surface area (Å²) in [5.41, 5.74) is -0.312. The normalized spacial score (nSPS) is 21.9. The second-order valence-electron chi connectivity index (χ2n) is 7.40. The van der Waals surface area contributed by atoms with Gasteiger partial charge in [0.1, 0.15) is 5.69 Å². The largest absolute Gasteiger partial charge is 0.433 e. The minimum absolute atomic E-state index is 0.167. The highest BCUT2D eigenvalue weighted by Gasteiger charge is 2.46. The zero-order chi connectivity index (χ0) is 18.2. The number of amides is 1. The first-order valence-electron chi connectivity index (χ1n) is 8.78. The van der Waals surface area contributed by atoms with Gasteiger partial charge in [-0.25, -0.2) is 0 Å². The monoisotopic (exact) mass is 355 g/mol. The molecule has 2 fully saturated rings.